The molecule has 132 valence electrons. The first-order valence-corrected chi connectivity index (χ1v) is 7.90. The molecule has 0 radical (unpaired) electrons. The van der Waals surface area contributed by atoms with Crippen molar-refractivity contribution in [3.63, 3.8) is 0 Å². The molecule has 24 heavy (non-hydrogen) atoms. The third-order valence-corrected chi connectivity index (χ3v) is 3.27. The van der Waals surface area contributed by atoms with Gasteiger partial charge in [0, 0.05) is 24.7 Å². The molecule has 0 aromatic heterocycles. The van der Waals surface area contributed by atoms with Crippen LogP contribution in [0, 0.1) is 11.3 Å². The van der Waals surface area contributed by atoms with E-state index in [2.05, 4.69) is 11.4 Å². The first kappa shape index (κ1) is 20.1. The van der Waals surface area contributed by atoms with Crippen molar-refractivity contribution in [2.45, 2.75) is 0 Å². The van der Waals surface area contributed by atoms with Crippen molar-refractivity contribution in [2.75, 3.05) is 60.7 Å². The SMILES string of the molecule is C[N+](C)(C)c1ccc(C(=O)NCCOCCOCCN)cc1C#N. The lowest BCUT2D eigenvalue weighted by atomic mass is 10.1. The van der Waals surface area contributed by atoms with Crippen LogP contribution >= 0.6 is 0 Å². The zero-order valence-electron chi connectivity index (χ0n) is 14.7. The summed E-state index contributed by atoms with van der Waals surface area (Å²) in [4.78, 5) is 12.1. The molecule has 0 bridgehead atoms. The number of nitrogens with two attached hydrogens (primary N) is 1. The highest BCUT2D eigenvalue weighted by Crippen LogP contribution is 2.23. The second-order valence-electron chi connectivity index (χ2n) is 6.13. The van der Waals surface area contributed by atoms with Crippen molar-refractivity contribution in [2.24, 2.45) is 5.73 Å². The van der Waals surface area contributed by atoms with E-state index in [0.717, 1.165) is 5.69 Å². The van der Waals surface area contributed by atoms with E-state index in [1.807, 2.05) is 27.2 Å². The van der Waals surface area contributed by atoms with Crippen LogP contribution in [0.1, 0.15) is 15.9 Å². The molecular formula is C17H27N4O3+. The molecular weight excluding hydrogens is 308 g/mol. The van der Waals surface area contributed by atoms with Crippen LogP contribution in [-0.2, 0) is 9.47 Å². The maximum Gasteiger partial charge on any atom is 0.251 e. The summed E-state index contributed by atoms with van der Waals surface area (Å²) in [5.74, 6) is -0.220. The van der Waals surface area contributed by atoms with Gasteiger partial charge in [-0.15, -0.1) is 0 Å². The van der Waals surface area contributed by atoms with Crippen LogP contribution in [0.2, 0.25) is 0 Å². The largest absolute Gasteiger partial charge is 0.378 e. The monoisotopic (exact) mass is 335 g/mol. The Bertz CT molecular complexity index is 576. The van der Waals surface area contributed by atoms with Crippen LogP contribution in [0.4, 0.5) is 5.69 Å². The molecule has 1 aromatic carbocycles. The quantitative estimate of drug-likeness (QED) is 0.479. The standard InChI is InChI=1S/C17H26N4O3/c1-21(2,3)16-5-4-14(12-15(16)13-19)17(22)20-7-9-24-11-10-23-8-6-18/h4-5,12H,6-11,18H2,1-3H3/p+1. The van der Waals surface area contributed by atoms with Crippen LogP contribution in [0.25, 0.3) is 0 Å². The maximum atomic E-state index is 12.1. The normalized spacial score (nSPS) is 11.1. The van der Waals surface area contributed by atoms with Gasteiger partial charge >= 0.3 is 0 Å². The van der Waals surface area contributed by atoms with Gasteiger partial charge in [0.25, 0.3) is 5.91 Å². The van der Waals surface area contributed by atoms with E-state index in [1.54, 1.807) is 12.1 Å². The van der Waals surface area contributed by atoms with Gasteiger partial charge in [-0.25, -0.2) is 0 Å². The van der Waals surface area contributed by atoms with Crippen molar-refractivity contribution >= 4 is 11.6 Å². The summed E-state index contributed by atoms with van der Waals surface area (Å²) in [7, 11) is 5.93. The van der Waals surface area contributed by atoms with Gasteiger partial charge in [0.1, 0.15) is 17.3 Å². The van der Waals surface area contributed by atoms with E-state index in [9.17, 15) is 10.1 Å². The molecule has 0 aliphatic heterocycles. The minimum Gasteiger partial charge on any atom is -0.378 e. The first-order valence-electron chi connectivity index (χ1n) is 7.90. The van der Waals surface area contributed by atoms with Crippen molar-refractivity contribution in [3.05, 3.63) is 29.3 Å². The number of nitrogens with zero attached hydrogens (tertiary/aromatic N) is 2. The summed E-state index contributed by atoms with van der Waals surface area (Å²) in [6.45, 7) is 2.77. The predicted molar refractivity (Wildman–Crippen MR) is 93.7 cm³/mol. The number of hydrogen-bond donors (Lipinski definition) is 2. The zero-order valence-corrected chi connectivity index (χ0v) is 14.7. The average Bonchev–Trinajstić information content (AvgIpc) is 2.55. The number of amides is 1. The molecule has 1 rings (SSSR count). The van der Waals surface area contributed by atoms with Gasteiger partial charge in [-0.1, -0.05) is 0 Å². The average molecular weight is 335 g/mol. The number of ether oxygens (including phenoxy) is 2. The number of nitriles is 1. The fourth-order valence-corrected chi connectivity index (χ4v) is 2.10. The minimum atomic E-state index is -0.220. The number of hydrogen-bond acceptors (Lipinski definition) is 5. The molecule has 0 fully saturated rings. The number of rotatable bonds is 10. The fourth-order valence-electron chi connectivity index (χ4n) is 2.10. The maximum absolute atomic E-state index is 12.1. The number of carbonyl (C=O) groups is 1. The molecule has 0 spiro atoms. The Morgan fingerprint density at radius 2 is 1.88 bits per heavy atom. The van der Waals surface area contributed by atoms with Gasteiger partial charge in [-0.05, 0) is 12.1 Å². The Balaban J connectivity index is 2.45. The molecule has 0 heterocycles. The first-order chi connectivity index (χ1) is 11.4. The van der Waals surface area contributed by atoms with Gasteiger partial charge in [0.2, 0.25) is 0 Å². The molecule has 0 saturated carbocycles. The lowest BCUT2D eigenvalue weighted by molar-refractivity contribution is 0.0511. The van der Waals surface area contributed by atoms with Gasteiger partial charge in [0.15, 0.2) is 0 Å². The Kier molecular flexibility index (Phi) is 8.36. The second-order valence-corrected chi connectivity index (χ2v) is 6.13. The van der Waals surface area contributed by atoms with Crippen molar-refractivity contribution < 1.29 is 14.3 Å². The molecule has 0 unspecified atom stereocenters. The highest BCUT2D eigenvalue weighted by molar-refractivity contribution is 5.95. The Morgan fingerprint density at radius 3 is 2.46 bits per heavy atom. The van der Waals surface area contributed by atoms with E-state index in [4.69, 9.17) is 15.2 Å². The third kappa shape index (κ3) is 6.64. The smallest absolute Gasteiger partial charge is 0.251 e. The topological polar surface area (TPSA) is 97.4 Å². The van der Waals surface area contributed by atoms with Gasteiger partial charge in [-0.3, -0.25) is 9.28 Å². The Morgan fingerprint density at radius 1 is 1.21 bits per heavy atom. The lowest BCUT2D eigenvalue weighted by Crippen LogP contribution is -2.35. The van der Waals surface area contributed by atoms with Crippen LogP contribution < -0.4 is 15.5 Å². The number of benzene rings is 1. The zero-order chi connectivity index (χ0) is 18.0. The molecule has 1 amide bonds. The van der Waals surface area contributed by atoms with Gasteiger partial charge < -0.3 is 20.5 Å². The Labute approximate surface area is 143 Å². The fraction of sp³-hybridized carbons (Fsp3) is 0.529. The van der Waals surface area contributed by atoms with Gasteiger partial charge in [0.05, 0.1) is 47.6 Å². The number of quaternary nitrogens is 1. The predicted octanol–water partition coefficient (Wildman–Crippen LogP) is 0.477. The van der Waals surface area contributed by atoms with Crippen LogP contribution in [-0.4, -0.2) is 66.6 Å². The molecule has 0 aliphatic carbocycles. The summed E-state index contributed by atoms with van der Waals surface area (Å²) in [6.07, 6.45) is 0. The molecule has 7 nitrogen and oxygen atoms in total. The molecule has 1 aromatic rings. The summed E-state index contributed by atoms with van der Waals surface area (Å²) < 4.78 is 11.0. The molecule has 0 saturated heterocycles. The highest BCUT2D eigenvalue weighted by atomic mass is 16.5. The van der Waals surface area contributed by atoms with Crippen LogP contribution in [0.5, 0.6) is 0 Å². The van der Waals surface area contributed by atoms with Crippen molar-refractivity contribution in [1.29, 1.82) is 5.26 Å². The summed E-state index contributed by atoms with van der Waals surface area (Å²) in [5.41, 5.74) is 7.14. The van der Waals surface area contributed by atoms with Crippen LogP contribution in [0.15, 0.2) is 18.2 Å². The van der Waals surface area contributed by atoms with Gasteiger partial charge in [-0.2, -0.15) is 5.26 Å². The third-order valence-electron chi connectivity index (χ3n) is 3.27. The van der Waals surface area contributed by atoms with E-state index in [0.29, 0.717) is 55.1 Å². The number of nitrogens with one attached hydrogen (secondary N) is 1. The Hall–Kier alpha value is -1.98. The summed E-state index contributed by atoms with van der Waals surface area (Å²) in [5, 5.41) is 12.1. The summed E-state index contributed by atoms with van der Waals surface area (Å²) in [6, 6.07) is 7.33. The highest BCUT2D eigenvalue weighted by Gasteiger charge is 2.19. The molecule has 3 N–H and O–H groups in total. The lowest BCUT2D eigenvalue weighted by Gasteiger charge is -2.24. The van der Waals surface area contributed by atoms with Crippen molar-refractivity contribution in [3.8, 4) is 6.07 Å². The van der Waals surface area contributed by atoms with E-state index in [-0.39, 0.29) is 5.91 Å². The molecule has 0 atom stereocenters. The summed E-state index contributed by atoms with van der Waals surface area (Å²) >= 11 is 0. The van der Waals surface area contributed by atoms with Crippen molar-refractivity contribution in [1.82, 2.24) is 9.80 Å². The second kappa shape index (κ2) is 10.0. The number of carbonyl (C=O) groups excluding carboxylic acids is 1. The minimum absolute atomic E-state index is 0.220. The molecule has 7 heteroatoms. The van der Waals surface area contributed by atoms with E-state index < -0.39 is 0 Å². The van der Waals surface area contributed by atoms with E-state index >= 15 is 0 Å². The van der Waals surface area contributed by atoms with E-state index in [1.165, 1.54) is 0 Å². The molecule has 0 aliphatic rings. The van der Waals surface area contributed by atoms with Crippen LogP contribution in [0.3, 0.4) is 0 Å².